The summed E-state index contributed by atoms with van der Waals surface area (Å²) in [5.41, 5.74) is 0.641. The van der Waals surface area contributed by atoms with E-state index in [2.05, 4.69) is 4.90 Å². The van der Waals surface area contributed by atoms with Crippen LogP contribution in [0.1, 0.15) is 25.7 Å². The Morgan fingerprint density at radius 1 is 1.36 bits per heavy atom. The van der Waals surface area contributed by atoms with Crippen molar-refractivity contribution in [3.8, 4) is 5.75 Å². The Bertz CT molecular complexity index is 652. The molecule has 0 radical (unpaired) electrons. The number of benzene rings is 1. The van der Waals surface area contributed by atoms with Crippen molar-refractivity contribution in [2.45, 2.75) is 43.4 Å². The maximum absolute atomic E-state index is 13.0. The van der Waals surface area contributed by atoms with E-state index in [1.54, 1.807) is 7.11 Å². The number of ether oxygens (including phenoxy) is 2. The van der Waals surface area contributed by atoms with Gasteiger partial charge in [-0.05, 0) is 37.8 Å². The third-order valence-electron chi connectivity index (χ3n) is 6.04. The van der Waals surface area contributed by atoms with Gasteiger partial charge in [-0.15, -0.1) is 0 Å². The zero-order valence-corrected chi connectivity index (χ0v) is 14.7. The number of hydrogen-bond acceptors (Lipinski definition) is 5. The molecule has 0 aromatic heterocycles. The molecule has 1 aliphatic carbocycles. The van der Waals surface area contributed by atoms with Crippen molar-refractivity contribution in [1.29, 1.82) is 0 Å². The number of carbonyl (C=O) groups is 1. The topological polar surface area (TPSA) is 62.2 Å². The van der Waals surface area contributed by atoms with Crippen LogP contribution in [0.15, 0.2) is 24.3 Å². The predicted molar refractivity (Wildman–Crippen MR) is 93.9 cm³/mol. The van der Waals surface area contributed by atoms with E-state index >= 15 is 0 Å². The molecule has 6 heteroatoms. The lowest BCUT2D eigenvalue weighted by Crippen LogP contribution is -2.53. The molecule has 1 saturated carbocycles. The molecule has 0 bridgehead atoms. The summed E-state index contributed by atoms with van der Waals surface area (Å²) in [6.07, 6.45) is 2.95. The molecule has 1 N–H and O–H groups in total. The van der Waals surface area contributed by atoms with Gasteiger partial charge in [0.2, 0.25) is 5.91 Å². The van der Waals surface area contributed by atoms with Gasteiger partial charge in [-0.3, -0.25) is 9.69 Å². The van der Waals surface area contributed by atoms with Gasteiger partial charge in [0.15, 0.2) is 0 Å². The molecule has 0 unspecified atom stereocenters. The molecule has 2 fully saturated rings. The molecule has 4 rings (SSSR count). The molecule has 1 saturated heterocycles. The summed E-state index contributed by atoms with van der Waals surface area (Å²) in [5, 5.41) is 10.1. The zero-order chi connectivity index (χ0) is 17.4. The van der Waals surface area contributed by atoms with Crippen LogP contribution >= 0.6 is 0 Å². The summed E-state index contributed by atoms with van der Waals surface area (Å²) in [6.45, 7) is 2.29. The fourth-order valence-corrected chi connectivity index (χ4v) is 4.65. The van der Waals surface area contributed by atoms with E-state index in [0.717, 1.165) is 37.2 Å². The summed E-state index contributed by atoms with van der Waals surface area (Å²) in [5.74, 6) is 0.852. The number of rotatable bonds is 3. The second kappa shape index (κ2) is 6.59. The molecule has 3 aliphatic rings. The van der Waals surface area contributed by atoms with Crippen LogP contribution in [0.2, 0.25) is 0 Å². The highest BCUT2D eigenvalue weighted by Crippen LogP contribution is 2.42. The maximum Gasteiger partial charge on any atom is 0.241 e. The third kappa shape index (κ3) is 2.92. The van der Waals surface area contributed by atoms with E-state index in [1.165, 1.54) is 0 Å². The number of hydrogen-bond donors (Lipinski definition) is 1. The van der Waals surface area contributed by atoms with Gasteiger partial charge in [-0.25, -0.2) is 0 Å². The summed E-state index contributed by atoms with van der Waals surface area (Å²) in [7, 11) is 1.76. The Morgan fingerprint density at radius 2 is 2.20 bits per heavy atom. The molecular formula is C19H26N2O4. The summed E-state index contributed by atoms with van der Waals surface area (Å²) in [6, 6.07) is 7.79. The van der Waals surface area contributed by atoms with Crippen LogP contribution < -0.4 is 9.64 Å². The van der Waals surface area contributed by atoms with Gasteiger partial charge in [-0.1, -0.05) is 12.1 Å². The lowest BCUT2D eigenvalue weighted by atomic mass is 9.79. The maximum atomic E-state index is 13.0. The number of amides is 1. The van der Waals surface area contributed by atoms with Gasteiger partial charge >= 0.3 is 0 Å². The molecule has 1 amide bonds. The van der Waals surface area contributed by atoms with Crippen molar-refractivity contribution in [3.05, 3.63) is 24.3 Å². The zero-order valence-electron chi connectivity index (χ0n) is 14.7. The van der Waals surface area contributed by atoms with Crippen molar-refractivity contribution in [3.63, 3.8) is 0 Å². The second-order valence-electron chi connectivity index (χ2n) is 7.29. The van der Waals surface area contributed by atoms with E-state index in [1.807, 2.05) is 29.2 Å². The van der Waals surface area contributed by atoms with Gasteiger partial charge < -0.3 is 19.5 Å². The van der Waals surface area contributed by atoms with Crippen molar-refractivity contribution < 1.29 is 19.4 Å². The van der Waals surface area contributed by atoms with Crippen molar-refractivity contribution in [1.82, 2.24) is 4.90 Å². The van der Waals surface area contributed by atoms with Gasteiger partial charge in [0.25, 0.3) is 0 Å². The number of aliphatic hydroxyl groups excluding tert-OH is 1. The first kappa shape index (κ1) is 16.8. The first-order chi connectivity index (χ1) is 12.1. The highest BCUT2D eigenvalue weighted by molar-refractivity contribution is 5.96. The van der Waals surface area contributed by atoms with Crippen molar-refractivity contribution in [2.24, 2.45) is 0 Å². The van der Waals surface area contributed by atoms with E-state index in [-0.39, 0.29) is 23.7 Å². The van der Waals surface area contributed by atoms with Crippen molar-refractivity contribution >= 4 is 11.6 Å². The molecule has 1 aromatic rings. The lowest BCUT2D eigenvalue weighted by Gasteiger charge is -2.42. The van der Waals surface area contributed by atoms with Gasteiger partial charge in [0, 0.05) is 19.7 Å². The van der Waals surface area contributed by atoms with Crippen LogP contribution in [0, 0.1) is 0 Å². The van der Waals surface area contributed by atoms with Crippen LogP contribution in [-0.4, -0.2) is 67.0 Å². The second-order valence-corrected chi connectivity index (χ2v) is 7.29. The number of likely N-dealkylation sites (tertiary alicyclic amines) is 1. The Balaban J connectivity index is 1.50. The fraction of sp³-hybridized carbons (Fsp3) is 0.632. The van der Waals surface area contributed by atoms with E-state index < -0.39 is 0 Å². The Labute approximate surface area is 148 Å². The monoisotopic (exact) mass is 346 g/mol. The average Bonchev–Trinajstić information content (AvgIpc) is 2.99. The highest BCUT2D eigenvalue weighted by Gasteiger charge is 2.51. The molecule has 3 atom stereocenters. The normalized spacial score (nSPS) is 32.0. The molecule has 25 heavy (non-hydrogen) atoms. The Morgan fingerprint density at radius 3 is 3.04 bits per heavy atom. The molecule has 2 aliphatic heterocycles. The van der Waals surface area contributed by atoms with Crippen molar-refractivity contribution in [2.75, 3.05) is 38.3 Å². The first-order valence-corrected chi connectivity index (χ1v) is 9.12. The van der Waals surface area contributed by atoms with Crippen LogP contribution in [0.3, 0.4) is 0 Å². The molecule has 1 aromatic carbocycles. The Kier molecular flexibility index (Phi) is 4.43. The molecule has 2 heterocycles. The quantitative estimate of drug-likeness (QED) is 0.897. The van der Waals surface area contributed by atoms with E-state index in [9.17, 15) is 9.90 Å². The van der Waals surface area contributed by atoms with Crippen LogP contribution in [0.5, 0.6) is 5.75 Å². The summed E-state index contributed by atoms with van der Waals surface area (Å²) < 4.78 is 11.5. The predicted octanol–water partition coefficient (Wildman–Crippen LogP) is 1.42. The standard InChI is InChI=1S/C19H26N2O4/c1-24-19-7-6-14(22)12-17(19)20(9-8-19)13-18(23)21-10-11-25-16-5-3-2-4-15(16)21/h2-5,14,17,22H,6-13H2,1H3/t14-,17-,19+/m1/s1. The minimum absolute atomic E-state index is 0.0858. The molecule has 0 spiro atoms. The SMILES string of the molecule is CO[C@]12CC[C@@H](O)C[C@H]1N(CC(=O)N1CCOc3ccccc31)CC2. The number of aliphatic hydroxyl groups is 1. The number of para-hydroxylation sites is 2. The van der Waals surface area contributed by atoms with Gasteiger partial charge in [0.05, 0.1) is 30.5 Å². The van der Waals surface area contributed by atoms with E-state index in [0.29, 0.717) is 26.1 Å². The summed E-state index contributed by atoms with van der Waals surface area (Å²) in [4.78, 5) is 17.0. The first-order valence-electron chi connectivity index (χ1n) is 9.12. The van der Waals surface area contributed by atoms with Crippen LogP contribution in [0.4, 0.5) is 5.69 Å². The minimum Gasteiger partial charge on any atom is -0.490 e. The number of fused-ring (bicyclic) bond motifs is 2. The van der Waals surface area contributed by atoms with Gasteiger partial charge in [-0.2, -0.15) is 0 Å². The molecular weight excluding hydrogens is 320 g/mol. The fourth-order valence-electron chi connectivity index (χ4n) is 4.65. The van der Waals surface area contributed by atoms with E-state index in [4.69, 9.17) is 9.47 Å². The highest BCUT2D eigenvalue weighted by atomic mass is 16.5. The van der Waals surface area contributed by atoms with Gasteiger partial charge in [0.1, 0.15) is 12.4 Å². The number of methoxy groups -OCH3 is 1. The third-order valence-corrected chi connectivity index (χ3v) is 6.04. The lowest BCUT2D eigenvalue weighted by molar-refractivity contribution is -0.123. The largest absolute Gasteiger partial charge is 0.490 e. The number of carbonyl (C=O) groups excluding carboxylic acids is 1. The number of anilines is 1. The van der Waals surface area contributed by atoms with Crippen LogP contribution in [0.25, 0.3) is 0 Å². The molecule has 6 nitrogen and oxygen atoms in total. The molecule has 136 valence electrons. The number of nitrogens with zero attached hydrogens (tertiary/aromatic N) is 2. The average molecular weight is 346 g/mol. The van der Waals surface area contributed by atoms with Crippen LogP contribution in [-0.2, 0) is 9.53 Å². The Hall–Kier alpha value is -1.63. The summed E-state index contributed by atoms with van der Waals surface area (Å²) >= 11 is 0. The smallest absolute Gasteiger partial charge is 0.241 e. The minimum atomic E-state index is -0.298.